The monoisotopic (exact) mass is 252 g/mol. The van der Waals surface area contributed by atoms with Gasteiger partial charge in [0.25, 0.3) is 0 Å². The van der Waals surface area contributed by atoms with Crippen LogP contribution in [-0.2, 0) is 6.54 Å². The van der Waals surface area contributed by atoms with Crippen molar-refractivity contribution in [3.63, 3.8) is 0 Å². The van der Waals surface area contributed by atoms with Crippen LogP contribution in [0.15, 0.2) is 6.20 Å². The molecule has 1 unspecified atom stereocenters. The van der Waals surface area contributed by atoms with E-state index < -0.39 is 0 Å². The van der Waals surface area contributed by atoms with Crippen LogP contribution in [-0.4, -0.2) is 29.3 Å². The van der Waals surface area contributed by atoms with Crippen LogP contribution < -0.4 is 10.1 Å². The molecule has 0 aliphatic rings. The molecule has 1 atom stereocenters. The predicted octanol–water partition coefficient (Wildman–Crippen LogP) is 1.96. The van der Waals surface area contributed by atoms with Crippen LogP contribution in [0.1, 0.15) is 37.1 Å². The van der Waals surface area contributed by atoms with Gasteiger partial charge < -0.3 is 15.2 Å². The molecule has 0 aliphatic heterocycles. The summed E-state index contributed by atoms with van der Waals surface area (Å²) >= 11 is 0. The summed E-state index contributed by atoms with van der Waals surface area (Å²) in [5.74, 6) is 0.893. The van der Waals surface area contributed by atoms with Crippen LogP contribution >= 0.6 is 0 Å². The van der Waals surface area contributed by atoms with Crippen LogP contribution in [0.5, 0.6) is 5.75 Å². The molecule has 0 saturated carbocycles. The van der Waals surface area contributed by atoms with Gasteiger partial charge in [0.05, 0.1) is 19.4 Å². The fourth-order valence-electron chi connectivity index (χ4n) is 1.84. The first-order chi connectivity index (χ1) is 8.47. The summed E-state index contributed by atoms with van der Waals surface area (Å²) in [4.78, 5) is 4.43. The Balaban J connectivity index is 2.86. The number of methoxy groups -OCH3 is 1. The van der Waals surface area contributed by atoms with Crippen LogP contribution in [0, 0.1) is 13.8 Å². The lowest BCUT2D eigenvalue weighted by atomic mass is 10.00. The van der Waals surface area contributed by atoms with Crippen molar-refractivity contribution in [2.75, 3.05) is 13.7 Å². The van der Waals surface area contributed by atoms with E-state index in [0.717, 1.165) is 29.0 Å². The molecule has 4 heteroatoms. The largest absolute Gasteiger partial charge is 0.496 e. The highest BCUT2D eigenvalue weighted by Crippen LogP contribution is 2.24. The number of aryl methyl sites for hydroxylation is 1. The van der Waals surface area contributed by atoms with Gasteiger partial charge in [-0.1, -0.05) is 6.92 Å². The first kappa shape index (κ1) is 14.9. The highest BCUT2D eigenvalue weighted by atomic mass is 16.5. The van der Waals surface area contributed by atoms with Gasteiger partial charge in [-0.2, -0.15) is 0 Å². The smallest absolute Gasteiger partial charge is 0.128 e. The maximum atomic E-state index is 9.37. The van der Waals surface area contributed by atoms with Crippen LogP contribution in [0.2, 0.25) is 0 Å². The molecule has 0 bridgehead atoms. The predicted molar refractivity (Wildman–Crippen MR) is 72.9 cm³/mol. The molecule has 2 N–H and O–H groups in total. The number of hydrogen-bond acceptors (Lipinski definition) is 4. The lowest BCUT2D eigenvalue weighted by Gasteiger charge is -2.27. The molecule has 1 aromatic rings. The number of aromatic nitrogens is 1. The van der Waals surface area contributed by atoms with E-state index in [1.54, 1.807) is 7.11 Å². The third kappa shape index (κ3) is 3.21. The molecule has 18 heavy (non-hydrogen) atoms. The Morgan fingerprint density at radius 3 is 2.61 bits per heavy atom. The van der Waals surface area contributed by atoms with Crippen molar-refractivity contribution < 1.29 is 9.84 Å². The van der Waals surface area contributed by atoms with E-state index in [4.69, 9.17) is 4.74 Å². The quantitative estimate of drug-likeness (QED) is 0.812. The topological polar surface area (TPSA) is 54.4 Å². The molecule has 0 aromatic carbocycles. The van der Waals surface area contributed by atoms with E-state index >= 15 is 0 Å². The number of nitrogens with zero attached hydrogens (tertiary/aromatic N) is 1. The zero-order chi connectivity index (χ0) is 13.8. The van der Waals surface area contributed by atoms with Gasteiger partial charge in [-0.05, 0) is 27.2 Å². The van der Waals surface area contributed by atoms with Crippen molar-refractivity contribution in [1.82, 2.24) is 10.3 Å². The van der Waals surface area contributed by atoms with Crippen molar-refractivity contribution in [3.05, 3.63) is 23.0 Å². The Bertz CT molecular complexity index is 401. The van der Waals surface area contributed by atoms with E-state index in [2.05, 4.69) is 17.2 Å². The molecular weight excluding hydrogens is 228 g/mol. The van der Waals surface area contributed by atoms with Gasteiger partial charge in [0, 0.05) is 29.4 Å². The summed E-state index contributed by atoms with van der Waals surface area (Å²) in [6.45, 7) is 8.81. The van der Waals surface area contributed by atoms with Gasteiger partial charge >= 0.3 is 0 Å². The summed E-state index contributed by atoms with van der Waals surface area (Å²) < 4.78 is 5.38. The number of aliphatic hydroxyl groups is 1. The van der Waals surface area contributed by atoms with Crippen molar-refractivity contribution in [2.45, 2.75) is 46.2 Å². The lowest BCUT2D eigenvalue weighted by molar-refractivity contribution is 0.168. The molecule has 0 saturated heterocycles. The zero-order valence-electron chi connectivity index (χ0n) is 12.0. The molecule has 1 heterocycles. The van der Waals surface area contributed by atoms with Gasteiger partial charge in [-0.3, -0.25) is 4.98 Å². The summed E-state index contributed by atoms with van der Waals surface area (Å²) in [5, 5.41) is 12.7. The van der Waals surface area contributed by atoms with E-state index in [1.807, 2.05) is 27.0 Å². The van der Waals surface area contributed by atoms with Gasteiger partial charge in [0.2, 0.25) is 0 Å². The molecule has 0 spiro atoms. The third-order valence-electron chi connectivity index (χ3n) is 3.56. The summed E-state index contributed by atoms with van der Waals surface area (Å²) in [7, 11) is 1.68. The molecule has 0 fully saturated rings. The van der Waals surface area contributed by atoms with E-state index in [0.29, 0.717) is 6.54 Å². The Hall–Kier alpha value is -1.13. The second-order valence-electron chi connectivity index (χ2n) is 4.97. The highest BCUT2D eigenvalue weighted by Gasteiger charge is 2.20. The molecule has 4 nitrogen and oxygen atoms in total. The highest BCUT2D eigenvalue weighted by molar-refractivity contribution is 5.41. The second-order valence-corrected chi connectivity index (χ2v) is 4.97. The van der Waals surface area contributed by atoms with Crippen LogP contribution in [0.25, 0.3) is 0 Å². The van der Waals surface area contributed by atoms with Crippen molar-refractivity contribution in [2.24, 2.45) is 0 Å². The number of aliphatic hydroxyl groups excluding tert-OH is 1. The van der Waals surface area contributed by atoms with Crippen molar-refractivity contribution >= 4 is 0 Å². The first-order valence-corrected chi connectivity index (χ1v) is 6.32. The average molecular weight is 252 g/mol. The minimum absolute atomic E-state index is 0.117. The number of pyridine rings is 1. The van der Waals surface area contributed by atoms with Crippen LogP contribution in [0.3, 0.4) is 0 Å². The number of hydrogen-bond donors (Lipinski definition) is 2. The van der Waals surface area contributed by atoms with Gasteiger partial charge in [-0.25, -0.2) is 0 Å². The summed E-state index contributed by atoms with van der Waals surface area (Å²) in [6, 6.07) is 0. The molecule has 1 rings (SSSR count). The average Bonchev–Trinajstić information content (AvgIpc) is 2.38. The summed E-state index contributed by atoms with van der Waals surface area (Å²) in [6.07, 6.45) is 2.69. The Morgan fingerprint density at radius 2 is 2.11 bits per heavy atom. The number of nitrogens with one attached hydrogen (secondary N) is 1. The normalized spacial score (nSPS) is 14.3. The zero-order valence-corrected chi connectivity index (χ0v) is 12.0. The van der Waals surface area contributed by atoms with Crippen molar-refractivity contribution in [3.8, 4) is 5.75 Å². The van der Waals surface area contributed by atoms with E-state index in [1.165, 1.54) is 0 Å². The van der Waals surface area contributed by atoms with Gasteiger partial charge in [-0.15, -0.1) is 0 Å². The molecule has 0 amide bonds. The minimum Gasteiger partial charge on any atom is -0.496 e. The maximum Gasteiger partial charge on any atom is 0.128 e. The number of ether oxygens (including phenoxy) is 1. The number of rotatable bonds is 6. The van der Waals surface area contributed by atoms with E-state index in [9.17, 15) is 5.11 Å². The molecule has 102 valence electrons. The standard InChI is InChI=1S/C14H24N2O2/c1-6-14(4,9-17)16-8-12-11(3)13(18-5)10(2)7-15-12/h7,16-17H,6,8-9H2,1-5H3. The molecule has 0 aliphatic carbocycles. The maximum absolute atomic E-state index is 9.37. The fourth-order valence-corrected chi connectivity index (χ4v) is 1.84. The second kappa shape index (κ2) is 6.16. The van der Waals surface area contributed by atoms with Gasteiger partial charge in [0.1, 0.15) is 5.75 Å². The SMILES string of the molecule is CCC(C)(CO)NCc1ncc(C)c(OC)c1C. The fraction of sp³-hybridized carbons (Fsp3) is 0.643. The molecule has 0 radical (unpaired) electrons. The Morgan fingerprint density at radius 1 is 1.44 bits per heavy atom. The first-order valence-electron chi connectivity index (χ1n) is 6.32. The molecular formula is C14H24N2O2. The van der Waals surface area contributed by atoms with Crippen molar-refractivity contribution in [1.29, 1.82) is 0 Å². The third-order valence-corrected chi connectivity index (χ3v) is 3.56. The summed E-state index contributed by atoms with van der Waals surface area (Å²) in [5.41, 5.74) is 2.80. The lowest BCUT2D eigenvalue weighted by Crippen LogP contribution is -2.44. The minimum atomic E-state index is -0.258. The Kier molecular flexibility index (Phi) is 5.11. The Labute approximate surface area is 109 Å². The van der Waals surface area contributed by atoms with E-state index in [-0.39, 0.29) is 12.1 Å². The molecule has 1 aromatic heterocycles. The van der Waals surface area contributed by atoms with Gasteiger partial charge in [0.15, 0.2) is 0 Å². The van der Waals surface area contributed by atoms with Crippen LogP contribution in [0.4, 0.5) is 0 Å².